The van der Waals surface area contributed by atoms with Crippen LogP contribution in [0.3, 0.4) is 0 Å². The fourth-order valence-corrected chi connectivity index (χ4v) is 3.22. The van der Waals surface area contributed by atoms with Crippen LogP contribution in [0.5, 0.6) is 0 Å². The molecule has 2 aromatic heterocycles. The Kier molecular flexibility index (Phi) is 3.45. The number of nitrogens with zero attached hydrogens (tertiary/aromatic N) is 2. The lowest BCUT2D eigenvalue weighted by atomic mass is 10.1. The van der Waals surface area contributed by atoms with E-state index in [2.05, 4.69) is 41.8 Å². The number of pyridine rings is 1. The van der Waals surface area contributed by atoms with Crippen LogP contribution in [-0.4, -0.2) is 27.3 Å². The number of nitrogens with one attached hydrogen (secondary N) is 1. The second-order valence-corrected chi connectivity index (χ2v) is 6.01. The van der Waals surface area contributed by atoms with E-state index in [1.54, 1.807) is 24.5 Å². The van der Waals surface area contributed by atoms with Gasteiger partial charge in [-0.05, 0) is 44.0 Å². The fourth-order valence-electron chi connectivity index (χ4n) is 2.27. The van der Waals surface area contributed by atoms with Crippen LogP contribution in [0.1, 0.15) is 21.6 Å². The maximum absolute atomic E-state index is 12.4. The van der Waals surface area contributed by atoms with Crippen molar-refractivity contribution < 1.29 is 4.79 Å². The molecule has 1 aliphatic rings. The van der Waals surface area contributed by atoms with Gasteiger partial charge in [-0.25, -0.2) is 0 Å². The van der Waals surface area contributed by atoms with E-state index in [0.29, 0.717) is 12.1 Å². The van der Waals surface area contributed by atoms with E-state index in [1.165, 1.54) is 5.69 Å². The minimum atomic E-state index is 0.0530. The van der Waals surface area contributed by atoms with Gasteiger partial charge >= 0.3 is 0 Å². The predicted molar refractivity (Wildman–Crippen MR) is 78.9 cm³/mol. The Bertz CT molecular complexity index is 624. The van der Waals surface area contributed by atoms with E-state index >= 15 is 0 Å². The van der Waals surface area contributed by atoms with Gasteiger partial charge in [0.2, 0.25) is 0 Å². The van der Waals surface area contributed by atoms with Crippen LogP contribution >= 0.6 is 31.9 Å². The van der Waals surface area contributed by atoms with Gasteiger partial charge in [0.1, 0.15) is 0 Å². The van der Waals surface area contributed by atoms with Gasteiger partial charge in [-0.1, -0.05) is 0 Å². The fraction of sp³-hybridized carbons (Fsp3) is 0.231. The molecule has 0 spiro atoms. The van der Waals surface area contributed by atoms with E-state index in [0.717, 1.165) is 27.6 Å². The van der Waals surface area contributed by atoms with Crippen LogP contribution in [0, 0.1) is 0 Å². The van der Waals surface area contributed by atoms with Gasteiger partial charge in [-0.3, -0.25) is 9.78 Å². The second kappa shape index (κ2) is 5.09. The predicted octanol–water partition coefficient (Wildman–Crippen LogP) is 3.13. The highest BCUT2D eigenvalue weighted by Crippen LogP contribution is 2.33. The molecule has 98 valence electrons. The molecule has 0 unspecified atom stereocenters. The van der Waals surface area contributed by atoms with Gasteiger partial charge in [0, 0.05) is 48.7 Å². The SMILES string of the molecule is O=C(c1ccncc1)N1CCc2[nH]c(Br)c(Br)c2C1. The molecule has 19 heavy (non-hydrogen) atoms. The Hall–Kier alpha value is -1.14. The Labute approximate surface area is 127 Å². The summed E-state index contributed by atoms with van der Waals surface area (Å²) in [5, 5.41) is 0. The Morgan fingerprint density at radius 3 is 2.79 bits per heavy atom. The minimum absolute atomic E-state index is 0.0530. The average Bonchev–Trinajstić information content (AvgIpc) is 2.74. The molecule has 0 aromatic carbocycles. The van der Waals surface area contributed by atoms with Crippen molar-refractivity contribution in [3.63, 3.8) is 0 Å². The number of carbonyl (C=O) groups excluding carboxylic acids is 1. The number of halogens is 2. The Morgan fingerprint density at radius 2 is 2.05 bits per heavy atom. The molecule has 1 aliphatic heterocycles. The quantitative estimate of drug-likeness (QED) is 0.821. The third-order valence-electron chi connectivity index (χ3n) is 3.28. The van der Waals surface area contributed by atoms with Crippen molar-refractivity contribution in [1.29, 1.82) is 0 Å². The summed E-state index contributed by atoms with van der Waals surface area (Å²) in [5.74, 6) is 0.0530. The van der Waals surface area contributed by atoms with E-state index in [9.17, 15) is 4.79 Å². The summed E-state index contributed by atoms with van der Waals surface area (Å²) in [6.07, 6.45) is 4.13. The van der Waals surface area contributed by atoms with Gasteiger partial charge in [0.25, 0.3) is 5.91 Å². The van der Waals surface area contributed by atoms with Gasteiger partial charge in [0.15, 0.2) is 0 Å². The largest absolute Gasteiger partial charge is 0.352 e. The zero-order chi connectivity index (χ0) is 13.4. The zero-order valence-electron chi connectivity index (χ0n) is 9.99. The van der Waals surface area contributed by atoms with E-state index < -0.39 is 0 Å². The molecule has 0 saturated heterocycles. The van der Waals surface area contributed by atoms with Crippen molar-refractivity contribution in [2.45, 2.75) is 13.0 Å². The number of H-pyrrole nitrogens is 1. The molecule has 3 rings (SSSR count). The molecule has 0 bridgehead atoms. The van der Waals surface area contributed by atoms with Crippen LogP contribution in [-0.2, 0) is 13.0 Å². The lowest BCUT2D eigenvalue weighted by Gasteiger charge is -2.27. The molecule has 0 radical (unpaired) electrons. The van der Waals surface area contributed by atoms with Crippen molar-refractivity contribution in [1.82, 2.24) is 14.9 Å². The highest BCUT2D eigenvalue weighted by atomic mass is 79.9. The molecule has 0 atom stereocenters. The molecular formula is C13H11Br2N3O. The first-order valence-corrected chi connectivity index (χ1v) is 7.49. The van der Waals surface area contributed by atoms with Crippen LogP contribution in [0.4, 0.5) is 0 Å². The highest BCUT2D eigenvalue weighted by molar-refractivity contribution is 9.13. The Morgan fingerprint density at radius 1 is 1.32 bits per heavy atom. The summed E-state index contributed by atoms with van der Waals surface area (Å²) >= 11 is 7.01. The number of rotatable bonds is 1. The third-order valence-corrected chi connectivity index (χ3v) is 5.28. The molecule has 0 aliphatic carbocycles. The standard InChI is InChI=1S/C13H11Br2N3O/c14-11-9-7-18(6-3-10(9)17-12(11)15)13(19)8-1-4-16-5-2-8/h1-2,4-5,17H,3,6-7H2. The summed E-state index contributed by atoms with van der Waals surface area (Å²) in [4.78, 5) is 21.5. The van der Waals surface area contributed by atoms with Crippen molar-refractivity contribution in [3.8, 4) is 0 Å². The summed E-state index contributed by atoms with van der Waals surface area (Å²) in [6, 6.07) is 3.50. The first-order valence-electron chi connectivity index (χ1n) is 5.91. The van der Waals surface area contributed by atoms with Gasteiger partial charge < -0.3 is 9.88 Å². The number of amides is 1. The first-order chi connectivity index (χ1) is 9.16. The van der Waals surface area contributed by atoms with Crippen molar-refractivity contribution in [3.05, 3.63) is 50.4 Å². The number of fused-ring (bicyclic) bond motifs is 1. The maximum atomic E-state index is 12.4. The number of hydrogen-bond acceptors (Lipinski definition) is 2. The van der Waals surface area contributed by atoms with E-state index in [-0.39, 0.29) is 5.91 Å². The lowest BCUT2D eigenvalue weighted by Crippen LogP contribution is -2.35. The van der Waals surface area contributed by atoms with Gasteiger partial charge in [0.05, 0.1) is 9.08 Å². The third kappa shape index (κ3) is 2.34. The summed E-state index contributed by atoms with van der Waals surface area (Å²) in [7, 11) is 0. The normalized spacial score (nSPS) is 14.3. The van der Waals surface area contributed by atoms with Gasteiger partial charge in [-0.2, -0.15) is 0 Å². The number of aromatic amines is 1. The van der Waals surface area contributed by atoms with Crippen LogP contribution in [0.15, 0.2) is 33.6 Å². The summed E-state index contributed by atoms with van der Waals surface area (Å²) < 4.78 is 1.95. The zero-order valence-corrected chi connectivity index (χ0v) is 13.2. The highest BCUT2D eigenvalue weighted by Gasteiger charge is 2.25. The van der Waals surface area contributed by atoms with Gasteiger partial charge in [-0.15, -0.1) is 0 Å². The number of hydrogen-bond donors (Lipinski definition) is 1. The molecule has 0 saturated carbocycles. The molecule has 6 heteroatoms. The van der Waals surface area contributed by atoms with Crippen LogP contribution < -0.4 is 0 Å². The monoisotopic (exact) mass is 383 g/mol. The minimum Gasteiger partial charge on any atom is -0.352 e. The maximum Gasteiger partial charge on any atom is 0.254 e. The molecule has 4 nitrogen and oxygen atoms in total. The number of aromatic nitrogens is 2. The molecule has 1 N–H and O–H groups in total. The average molecular weight is 385 g/mol. The molecule has 3 heterocycles. The molecule has 2 aromatic rings. The summed E-state index contributed by atoms with van der Waals surface area (Å²) in [6.45, 7) is 1.35. The number of carbonyl (C=O) groups is 1. The van der Waals surface area contributed by atoms with E-state index in [4.69, 9.17) is 0 Å². The van der Waals surface area contributed by atoms with E-state index in [1.807, 2.05) is 4.90 Å². The Balaban J connectivity index is 1.86. The smallest absolute Gasteiger partial charge is 0.254 e. The second-order valence-electron chi connectivity index (χ2n) is 4.42. The van der Waals surface area contributed by atoms with Crippen molar-refractivity contribution >= 4 is 37.8 Å². The van der Waals surface area contributed by atoms with Crippen molar-refractivity contribution in [2.75, 3.05) is 6.54 Å². The molecule has 0 fully saturated rings. The first kappa shape index (κ1) is 12.9. The molecular weight excluding hydrogens is 374 g/mol. The molecule has 1 amide bonds. The van der Waals surface area contributed by atoms with Crippen LogP contribution in [0.25, 0.3) is 0 Å². The topological polar surface area (TPSA) is 49.0 Å². The lowest BCUT2D eigenvalue weighted by molar-refractivity contribution is 0.0734. The summed E-state index contributed by atoms with van der Waals surface area (Å²) in [5.41, 5.74) is 3.03. The van der Waals surface area contributed by atoms with Crippen LogP contribution in [0.2, 0.25) is 0 Å². The van der Waals surface area contributed by atoms with Crippen molar-refractivity contribution in [2.24, 2.45) is 0 Å².